The van der Waals surface area contributed by atoms with E-state index >= 15 is 0 Å². The van der Waals surface area contributed by atoms with E-state index in [1.54, 1.807) is 5.57 Å². The number of hydrogen-bond acceptors (Lipinski definition) is 2. The molecule has 0 N–H and O–H groups in total. The van der Waals surface area contributed by atoms with Crippen LogP contribution in [0.1, 0.15) is 29.5 Å². The number of likely N-dealkylation sites (tertiary alicyclic amines) is 2. The molecule has 0 aromatic heterocycles. The third-order valence-corrected chi connectivity index (χ3v) is 6.76. The van der Waals surface area contributed by atoms with Crippen molar-refractivity contribution in [2.75, 3.05) is 32.7 Å². The van der Waals surface area contributed by atoms with E-state index in [9.17, 15) is 0 Å². The Hall–Kier alpha value is -1.32. The Kier molecular flexibility index (Phi) is 7.81. The minimum absolute atomic E-state index is 0. The van der Waals surface area contributed by atoms with Gasteiger partial charge in [-0.25, -0.2) is 0 Å². The van der Waals surface area contributed by atoms with Crippen LogP contribution in [0, 0.1) is 11.8 Å². The maximum absolute atomic E-state index is 2.65. The summed E-state index contributed by atoms with van der Waals surface area (Å²) in [5.41, 5.74) is 5.98. The van der Waals surface area contributed by atoms with Crippen LogP contribution >= 0.6 is 24.8 Å². The molecule has 3 aliphatic rings. The van der Waals surface area contributed by atoms with Gasteiger partial charge in [-0.05, 0) is 60.5 Å². The molecule has 0 bridgehead atoms. The van der Waals surface area contributed by atoms with Gasteiger partial charge in [0.15, 0.2) is 0 Å². The number of allylic oxidation sites excluding steroid dienone is 1. The molecule has 0 amide bonds. The SMILES string of the molecule is C1=C(c2ccc(CCN3CCC3)cc2)C2CN(Cc3ccccc3)CC2C1.Cl.Cl. The largest absolute Gasteiger partial charge is 0.303 e. The lowest BCUT2D eigenvalue weighted by Gasteiger charge is -2.30. The molecule has 1 aliphatic carbocycles. The lowest BCUT2D eigenvalue weighted by Crippen LogP contribution is -2.38. The molecule has 0 saturated carbocycles. The minimum atomic E-state index is 0. The molecule has 156 valence electrons. The maximum atomic E-state index is 2.65. The summed E-state index contributed by atoms with van der Waals surface area (Å²) in [6.07, 6.45) is 6.35. The second kappa shape index (κ2) is 10.1. The van der Waals surface area contributed by atoms with Gasteiger partial charge >= 0.3 is 0 Å². The van der Waals surface area contributed by atoms with E-state index in [4.69, 9.17) is 0 Å². The van der Waals surface area contributed by atoms with Gasteiger partial charge < -0.3 is 4.90 Å². The highest BCUT2D eigenvalue weighted by Gasteiger charge is 2.38. The Labute approximate surface area is 187 Å². The van der Waals surface area contributed by atoms with Gasteiger partial charge in [0.05, 0.1) is 0 Å². The first-order chi connectivity index (χ1) is 13.3. The van der Waals surface area contributed by atoms with Gasteiger partial charge in [0.2, 0.25) is 0 Å². The Morgan fingerprint density at radius 2 is 1.55 bits per heavy atom. The van der Waals surface area contributed by atoms with E-state index in [1.165, 1.54) is 68.7 Å². The molecule has 2 aromatic carbocycles. The third kappa shape index (κ3) is 5.06. The number of fused-ring (bicyclic) bond motifs is 1. The molecule has 0 radical (unpaired) electrons. The zero-order chi connectivity index (χ0) is 18.1. The molecule has 2 nitrogen and oxygen atoms in total. The fraction of sp³-hybridized carbons (Fsp3) is 0.440. The van der Waals surface area contributed by atoms with Gasteiger partial charge in [-0.2, -0.15) is 0 Å². The Morgan fingerprint density at radius 1 is 0.793 bits per heavy atom. The van der Waals surface area contributed by atoms with Crippen molar-refractivity contribution in [3.8, 4) is 0 Å². The summed E-state index contributed by atoms with van der Waals surface area (Å²) in [4.78, 5) is 5.21. The average molecular weight is 431 g/mol. The van der Waals surface area contributed by atoms with Crippen molar-refractivity contribution < 1.29 is 0 Å². The normalized spacial score (nSPS) is 23.5. The fourth-order valence-electron chi connectivity index (χ4n) is 5.04. The molecule has 2 aliphatic heterocycles. The molecule has 5 rings (SSSR count). The highest BCUT2D eigenvalue weighted by Crippen LogP contribution is 2.43. The molecule has 2 fully saturated rings. The van der Waals surface area contributed by atoms with Crippen molar-refractivity contribution in [3.05, 3.63) is 77.4 Å². The number of nitrogens with zero attached hydrogens (tertiary/aromatic N) is 2. The summed E-state index contributed by atoms with van der Waals surface area (Å²) in [5, 5.41) is 0. The van der Waals surface area contributed by atoms with Gasteiger partial charge in [0.1, 0.15) is 0 Å². The quantitative estimate of drug-likeness (QED) is 0.611. The second-order valence-corrected chi connectivity index (χ2v) is 8.58. The molecule has 0 spiro atoms. The Balaban J connectivity index is 0.00000120. The Morgan fingerprint density at radius 3 is 2.24 bits per heavy atom. The summed E-state index contributed by atoms with van der Waals surface area (Å²) in [5.74, 6) is 1.54. The van der Waals surface area contributed by atoms with Crippen LogP contribution in [0.5, 0.6) is 0 Å². The number of benzene rings is 2. The van der Waals surface area contributed by atoms with Crippen molar-refractivity contribution in [2.45, 2.75) is 25.8 Å². The van der Waals surface area contributed by atoms with E-state index in [1.807, 2.05) is 0 Å². The first kappa shape index (κ1) is 22.4. The predicted octanol–water partition coefficient (Wildman–Crippen LogP) is 5.31. The minimum Gasteiger partial charge on any atom is -0.303 e. The van der Waals surface area contributed by atoms with E-state index in [0.29, 0.717) is 0 Å². The zero-order valence-corrected chi connectivity index (χ0v) is 18.6. The van der Waals surface area contributed by atoms with E-state index in [0.717, 1.165) is 18.4 Å². The Bertz CT molecular complexity index is 799. The number of halogens is 2. The summed E-state index contributed by atoms with van der Waals surface area (Å²) >= 11 is 0. The standard InChI is InChI=1S/C25H30N2.2ClH/c1-2-5-21(6-3-1)17-27-18-23-11-12-24(25(23)19-27)22-9-7-20(8-10-22)13-16-26-14-4-15-26;;/h1-3,5-10,12,23,25H,4,11,13-19H2;2*1H. The molecule has 2 aromatic rings. The van der Waals surface area contributed by atoms with E-state index in [2.05, 4.69) is 70.5 Å². The van der Waals surface area contributed by atoms with E-state index in [-0.39, 0.29) is 24.8 Å². The predicted molar refractivity (Wildman–Crippen MR) is 127 cm³/mol. The zero-order valence-electron chi connectivity index (χ0n) is 17.0. The highest BCUT2D eigenvalue weighted by atomic mass is 35.5. The van der Waals surface area contributed by atoms with Crippen molar-refractivity contribution in [2.24, 2.45) is 11.8 Å². The highest BCUT2D eigenvalue weighted by molar-refractivity contribution is 5.85. The first-order valence-corrected chi connectivity index (χ1v) is 10.6. The number of rotatable bonds is 6. The van der Waals surface area contributed by atoms with Crippen molar-refractivity contribution in [1.82, 2.24) is 9.80 Å². The van der Waals surface area contributed by atoms with Gasteiger partial charge in [-0.3, -0.25) is 4.90 Å². The molecule has 2 saturated heterocycles. The van der Waals surface area contributed by atoms with E-state index < -0.39 is 0 Å². The van der Waals surface area contributed by atoms with Crippen LogP contribution in [-0.4, -0.2) is 42.5 Å². The lowest BCUT2D eigenvalue weighted by molar-refractivity contribution is 0.184. The third-order valence-electron chi connectivity index (χ3n) is 6.76. The summed E-state index contributed by atoms with van der Waals surface area (Å²) in [7, 11) is 0. The van der Waals surface area contributed by atoms with Crippen LogP contribution < -0.4 is 0 Å². The van der Waals surface area contributed by atoms with Crippen LogP contribution in [0.15, 0.2) is 60.7 Å². The average Bonchev–Trinajstić information content (AvgIpc) is 3.22. The summed E-state index contributed by atoms with van der Waals surface area (Å²) in [6, 6.07) is 20.4. The van der Waals surface area contributed by atoms with Crippen LogP contribution in [0.2, 0.25) is 0 Å². The lowest BCUT2D eigenvalue weighted by atomic mass is 9.90. The van der Waals surface area contributed by atoms with Gasteiger partial charge in [-0.15, -0.1) is 24.8 Å². The molecule has 29 heavy (non-hydrogen) atoms. The maximum Gasteiger partial charge on any atom is 0.0234 e. The smallest absolute Gasteiger partial charge is 0.0234 e. The second-order valence-electron chi connectivity index (χ2n) is 8.58. The van der Waals surface area contributed by atoms with Gasteiger partial charge in [0, 0.05) is 32.1 Å². The molecule has 2 atom stereocenters. The van der Waals surface area contributed by atoms with Crippen LogP contribution in [0.4, 0.5) is 0 Å². The molecular weight excluding hydrogens is 399 g/mol. The van der Waals surface area contributed by atoms with Crippen molar-refractivity contribution in [3.63, 3.8) is 0 Å². The first-order valence-electron chi connectivity index (χ1n) is 10.6. The van der Waals surface area contributed by atoms with Crippen LogP contribution in [0.3, 0.4) is 0 Å². The monoisotopic (exact) mass is 430 g/mol. The molecule has 2 unspecified atom stereocenters. The molecular formula is C25H32Cl2N2. The van der Waals surface area contributed by atoms with Crippen molar-refractivity contribution in [1.29, 1.82) is 0 Å². The molecule has 2 heterocycles. The topological polar surface area (TPSA) is 6.48 Å². The summed E-state index contributed by atoms with van der Waals surface area (Å²) < 4.78 is 0. The number of hydrogen-bond donors (Lipinski definition) is 0. The molecule has 4 heteroatoms. The van der Waals surface area contributed by atoms with Gasteiger partial charge in [0.25, 0.3) is 0 Å². The summed E-state index contributed by atoms with van der Waals surface area (Å²) in [6.45, 7) is 7.37. The van der Waals surface area contributed by atoms with Gasteiger partial charge in [-0.1, -0.05) is 60.7 Å². The van der Waals surface area contributed by atoms with Crippen LogP contribution in [0.25, 0.3) is 5.57 Å². The fourth-order valence-corrected chi connectivity index (χ4v) is 5.04. The van der Waals surface area contributed by atoms with Crippen molar-refractivity contribution >= 4 is 30.4 Å². The van der Waals surface area contributed by atoms with Crippen LogP contribution in [-0.2, 0) is 13.0 Å².